The molecule has 0 aromatic heterocycles. The van der Waals surface area contributed by atoms with Crippen LogP contribution in [0.15, 0.2) is 47.4 Å². The van der Waals surface area contributed by atoms with Gasteiger partial charge in [0.15, 0.2) is 0 Å². The van der Waals surface area contributed by atoms with Gasteiger partial charge >= 0.3 is 6.09 Å². The number of hydrogen-bond acceptors (Lipinski definition) is 6. The highest BCUT2D eigenvalue weighted by atomic mass is 32.2. The lowest BCUT2D eigenvalue weighted by molar-refractivity contribution is -0.119. The molecule has 9 nitrogen and oxygen atoms in total. The van der Waals surface area contributed by atoms with E-state index in [1.807, 2.05) is 0 Å². The molecule has 1 saturated carbocycles. The van der Waals surface area contributed by atoms with Crippen molar-refractivity contribution < 1.29 is 31.9 Å². The van der Waals surface area contributed by atoms with Crippen molar-refractivity contribution in [1.82, 2.24) is 5.32 Å². The lowest BCUT2D eigenvalue weighted by Crippen LogP contribution is -2.48. The number of ether oxygens (including phenoxy) is 2. The van der Waals surface area contributed by atoms with E-state index in [1.165, 1.54) is 25.1 Å². The maximum atomic E-state index is 13.5. The Labute approximate surface area is 197 Å². The average molecular weight is 492 g/mol. The van der Waals surface area contributed by atoms with Crippen molar-refractivity contribution >= 4 is 33.4 Å². The topological polar surface area (TPSA) is 114 Å². The Kier molecular flexibility index (Phi) is 6.92. The normalized spacial score (nSPS) is 18.1. The third kappa shape index (κ3) is 5.41. The van der Waals surface area contributed by atoms with Crippen molar-refractivity contribution in [1.29, 1.82) is 0 Å². The summed E-state index contributed by atoms with van der Waals surface area (Å²) in [6, 6.07) is 9.13. The van der Waals surface area contributed by atoms with Crippen LogP contribution in [0, 0.1) is 5.82 Å². The van der Waals surface area contributed by atoms with Gasteiger partial charge in [0.2, 0.25) is 5.91 Å². The number of nitrogens with one attached hydrogen (secondary N) is 2. The average Bonchev–Trinajstić information content (AvgIpc) is 3.30. The highest BCUT2D eigenvalue weighted by molar-refractivity contribution is 7.92. The molecule has 0 spiro atoms. The molecule has 2 N–H and O–H groups in total. The maximum absolute atomic E-state index is 13.5. The molecule has 182 valence electrons. The quantitative estimate of drug-likeness (QED) is 0.640. The van der Waals surface area contributed by atoms with Gasteiger partial charge in [0.05, 0.1) is 23.7 Å². The van der Waals surface area contributed by atoms with Crippen LogP contribution in [-0.4, -0.2) is 45.7 Å². The maximum Gasteiger partial charge on any atom is 0.411 e. The Balaban J connectivity index is 1.62. The predicted octanol–water partition coefficient (Wildman–Crippen LogP) is 3.41. The zero-order valence-corrected chi connectivity index (χ0v) is 19.4. The number of anilines is 2. The van der Waals surface area contributed by atoms with Crippen LogP contribution < -0.4 is 19.7 Å². The fourth-order valence-corrected chi connectivity index (χ4v) is 5.52. The fourth-order valence-electron chi connectivity index (χ4n) is 4.02. The van der Waals surface area contributed by atoms with Gasteiger partial charge in [-0.15, -0.1) is 0 Å². The summed E-state index contributed by atoms with van der Waals surface area (Å²) < 4.78 is 52.8. The lowest BCUT2D eigenvalue weighted by atomic mass is 10.2. The first-order valence-electron chi connectivity index (χ1n) is 11.0. The van der Waals surface area contributed by atoms with Crippen LogP contribution >= 0.6 is 0 Å². The van der Waals surface area contributed by atoms with Crippen LogP contribution in [0.5, 0.6) is 5.75 Å². The minimum atomic E-state index is -4.10. The second-order valence-corrected chi connectivity index (χ2v) is 10.1. The number of carbonyl (C=O) groups excluding carboxylic acids is 2. The van der Waals surface area contributed by atoms with Gasteiger partial charge in [-0.05, 0) is 68.1 Å². The summed E-state index contributed by atoms with van der Waals surface area (Å²) >= 11 is 0. The second-order valence-electron chi connectivity index (χ2n) is 8.29. The Morgan fingerprint density at radius 1 is 1.15 bits per heavy atom. The molecule has 2 aliphatic rings. The summed E-state index contributed by atoms with van der Waals surface area (Å²) in [5, 5.41) is 5.27. The number of hydrogen-bond donors (Lipinski definition) is 2. The molecular formula is C23H26FN3O6S. The molecule has 0 bridgehead atoms. The van der Waals surface area contributed by atoms with E-state index < -0.39 is 28.0 Å². The molecule has 1 fully saturated rings. The van der Waals surface area contributed by atoms with Gasteiger partial charge in [-0.1, -0.05) is 0 Å². The van der Waals surface area contributed by atoms with Gasteiger partial charge in [-0.3, -0.25) is 14.4 Å². The van der Waals surface area contributed by atoms with Crippen molar-refractivity contribution in [3.63, 3.8) is 0 Å². The van der Waals surface area contributed by atoms with Crippen LogP contribution in [-0.2, 0) is 19.6 Å². The Hall–Kier alpha value is -3.34. The molecule has 2 amide bonds. The molecule has 1 heterocycles. The van der Waals surface area contributed by atoms with E-state index in [2.05, 4.69) is 10.6 Å². The van der Waals surface area contributed by atoms with E-state index in [0.29, 0.717) is 5.69 Å². The molecule has 2 aromatic carbocycles. The summed E-state index contributed by atoms with van der Waals surface area (Å²) in [7, 11) is -4.10. The zero-order chi connectivity index (χ0) is 24.3. The van der Waals surface area contributed by atoms with Crippen LogP contribution in [0.2, 0.25) is 0 Å². The molecule has 1 aliphatic heterocycles. The van der Waals surface area contributed by atoms with Crippen LogP contribution in [0.4, 0.5) is 20.6 Å². The molecule has 1 atom stereocenters. The van der Waals surface area contributed by atoms with Gasteiger partial charge < -0.3 is 14.8 Å². The van der Waals surface area contributed by atoms with E-state index in [1.54, 1.807) is 12.1 Å². The van der Waals surface area contributed by atoms with Gasteiger partial charge in [0.25, 0.3) is 10.0 Å². The van der Waals surface area contributed by atoms with Crippen LogP contribution in [0.1, 0.15) is 32.6 Å². The van der Waals surface area contributed by atoms with Crippen molar-refractivity contribution in [2.45, 2.75) is 49.7 Å². The number of rotatable bonds is 6. The number of nitrogens with zero attached hydrogens (tertiary/aromatic N) is 1. The van der Waals surface area contributed by atoms with Gasteiger partial charge in [0.1, 0.15) is 23.8 Å². The Morgan fingerprint density at radius 3 is 2.53 bits per heavy atom. The fraction of sp³-hybridized carbons (Fsp3) is 0.391. The van der Waals surface area contributed by atoms with E-state index in [0.717, 1.165) is 42.1 Å². The number of sulfonamides is 1. The monoisotopic (exact) mass is 491 g/mol. The molecule has 34 heavy (non-hydrogen) atoms. The SMILES string of the molecule is CC(=O)NCC1CN(S(=O)(=O)c2ccc(F)cc2)c2cc(NC(=O)OC3CCCC3)ccc2O1. The largest absolute Gasteiger partial charge is 0.484 e. The number of amides is 2. The lowest BCUT2D eigenvalue weighted by Gasteiger charge is -2.35. The minimum Gasteiger partial charge on any atom is -0.484 e. The number of benzene rings is 2. The molecule has 11 heteroatoms. The van der Waals surface area contributed by atoms with Crippen LogP contribution in [0.3, 0.4) is 0 Å². The molecule has 1 unspecified atom stereocenters. The number of halogens is 1. The molecular weight excluding hydrogens is 465 g/mol. The number of fused-ring (bicyclic) bond motifs is 1. The van der Waals surface area contributed by atoms with E-state index >= 15 is 0 Å². The summed E-state index contributed by atoms with van der Waals surface area (Å²) in [5.41, 5.74) is 0.548. The molecule has 1 aliphatic carbocycles. The summed E-state index contributed by atoms with van der Waals surface area (Å²) in [4.78, 5) is 23.5. The first-order valence-corrected chi connectivity index (χ1v) is 12.5. The van der Waals surface area contributed by atoms with Crippen molar-refractivity contribution in [2.75, 3.05) is 22.7 Å². The standard InChI is InChI=1S/C23H26FN3O6S/c1-15(28)25-13-19-14-27(34(30,31)20-9-6-16(24)7-10-20)21-12-17(8-11-22(21)32-19)26-23(29)33-18-4-2-3-5-18/h6-12,18-19H,2-5,13-14H2,1H3,(H,25,28)(H,26,29). The van der Waals surface area contributed by atoms with Crippen molar-refractivity contribution in [3.8, 4) is 5.75 Å². The molecule has 0 radical (unpaired) electrons. The van der Waals surface area contributed by atoms with Gasteiger partial charge in [-0.2, -0.15) is 0 Å². The zero-order valence-electron chi connectivity index (χ0n) is 18.6. The third-order valence-electron chi connectivity index (χ3n) is 5.69. The van der Waals surface area contributed by atoms with Crippen molar-refractivity contribution in [3.05, 3.63) is 48.3 Å². The molecule has 4 rings (SSSR count). The summed E-state index contributed by atoms with van der Waals surface area (Å²) in [6.07, 6.45) is 2.30. The van der Waals surface area contributed by atoms with Crippen molar-refractivity contribution in [2.24, 2.45) is 0 Å². The minimum absolute atomic E-state index is 0.0943. The Morgan fingerprint density at radius 2 is 1.85 bits per heavy atom. The van der Waals surface area contributed by atoms with E-state index in [9.17, 15) is 22.4 Å². The first-order chi connectivity index (χ1) is 16.2. The predicted molar refractivity (Wildman–Crippen MR) is 123 cm³/mol. The van der Waals surface area contributed by atoms with E-state index in [4.69, 9.17) is 9.47 Å². The number of carbonyl (C=O) groups is 2. The second kappa shape index (κ2) is 9.88. The first kappa shape index (κ1) is 23.8. The van der Waals surface area contributed by atoms with Crippen LogP contribution in [0.25, 0.3) is 0 Å². The highest BCUT2D eigenvalue weighted by Crippen LogP contribution is 2.39. The van der Waals surface area contributed by atoms with Gasteiger partial charge in [-0.25, -0.2) is 17.6 Å². The van der Waals surface area contributed by atoms with E-state index in [-0.39, 0.29) is 41.4 Å². The Bertz CT molecular complexity index is 1170. The van der Waals surface area contributed by atoms with Gasteiger partial charge in [0, 0.05) is 12.6 Å². The smallest absolute Gasteiger partial charge is 0.411 e. The molecule has 2 aromatic rings. The summed E-state index contributed by atoms with van der Waals surface area (Å²) in [5.74, 6) is -0.568. The molecule has 0 saturated heterocycles. The highest BCUT2D eigenvalue weighted by Gasteiger charge is 2.35. The third-order valence-corrected chi connectivity index (χ3v) is 7.49. The summed E-state index contributed by atoms with van der Waals surface area (Å²) in [6.45, 7) is 1.35.